The van der Waals surface area contributed by atoms with E-state index in [-0.39, 0.29) is 51.3 Å². The van der Waals surface area contributed by atoms with E-state index >= 15 is 0 Å². The predicted molar refractivity (Wildman–Crippen MR) is 460 cm³/mol. The van der Waals surface area contributed by atoms with Crippen LogP contribution >= 0.6 is 0 Å². The van der Waals surface area contributed by atoms with Crippen molar-refractivity contribution in [3.63, 3.8) is 0 Å². The van der Waals surface area contributed by atoms with Crippen LogP contribution in [0.2, 0.25) is 0 Å². The summed E-state index contributed by atoms with van der Waals surface area (Å²) in [5, 5.41) is 130. The molecular formula is C83H127N17O39. The lowest BCUT2D eigenvalue weighted by Crippen LogP contribution is -2.59. The van der Waals surface area contributed by atoms with E-state index in [2.05, 4.69) is 37.2 Å². The summed E-state index contributed by atoms with van der Waals surface area (Å²) in [5.41, 5.74) is 13.4. The maximum Gasteiger partial charge on any atom is 0.304 e. The molecule has 0 aliphatic rings. The number of benzene rings is 1. The smallest absolute Gasteiger partial charge is 0.304 e. The zero-order valence-corrected chi connectivity index (χ0v) is 76.8. The highest BCUT2D eigenvalue weighted by Gasteiger charge is 2.41. The number of phenolic OH excluding ortho intramolecular Hbond substituents is 1. The number of hydrogen-bond donors (Lipinski definition) is 29. The molecule has 1 rings (SSSR count). The molecule has 1 aromatic rings. The van der Waals surface area contributed by atoms with Gasteiger partial charge in [0.1, 0.15) is 53.0 Å². The monoisotopic (exact) mass is 1990 g/mol. The van der Waals surface area contributed by atoms with Crippen LogP contribution in [0.15, 0.2) is 24.3 Å². The fraction of sp³-hybridized carbons (Fsp3) is 0.627. The second-order valence-corrected chi connectivity index (χ2v) is 32.8. The van der Waals surface area contributed by atoms with Crippen molar-refractivity contribution in [1.29, 1.82) is 0 Å². The Morgan fingerprint density at radius 3 is 0.856 bits per heavy atom. The van der Waals surface area contributed by atoms with Gasteiger partial charge in [0.2, 0.25) is 100 Å². The third kappa shape index (κ3) is 51.6. The molecule has 0 saturated carbocycles. The second kappa shape index (κ2) is 68.7. The number of nitrogens with one attached hydrogen (secondary N) is 17. The van der Waals surface area contributed by atoms with Gasteiger partial charge in [-0.1, -0.05) is 26.0 Å². The molecule has 0 saturated heterocycles. The molecule has 0 aromatic heterocycles. The average molecular weight is 1990 g/mol. The van der Waals surface area contributed by atoms with E-state index in [4.69, 9.17) is 9.47 Å². The van der Waals surface area contributed by atoms with E-state index < -0.39 is 404 Å². The molecule has 17 amide bonds. The molecule has 0 bridgehead atoms. The molecule has 29 N–H and O–H groups in total. The molecule has 56 heteroatoms. The summed E-state index contributed by atoms with van der Waals surface area (Å²) in [5.74, 6) is -40.9. The minimum absolute atomic E-state index is 0.00757. The van der Waals surface area contributed by atoms with Gasteiger partial charge in [0.15, 0.2) is 17.3 Å². The lowest BCUT2D eigenvalue weighted by atomic mass is 9.78. The first-order valence-electron chi connectivity index (χ1n) is 43.9. The number of carbonyl (C=O) groups excluding carboxylic acids is 24. The van der Waals surface area contributed by atoms with Crippen molar-refractivity contribution in [3.05, 3.63) is 29.8 Å². The first-order chi connectivity index (χ1) is 65.8. The average Bonchev–Trinajstić information content (AvgIpc) is 0.854. The summed E-state index contributed by atoms with van der Waals surface area (Å²) >= 11 is 0. The van der Waals surface area contributed by atoms with Crippen molar-refractivity contribution >= 4 is 147 Å². The summed E-state index contributed by atoms with van der Waals surface area (Å²) in [7, 11) is 1.40. The van der Waals surface area contributed by atoms with Crippen molar-refractivity contribution in [2.75, 3.05) is 26.9 Å². The summed E-state index contributed by atoms with van der Waals surface area (Å²) in [4.78, 5) is 339. The minimum atomic E-state index is -2.19. The first kappa shape index (κ1) is 124. The van der Waals surface area contributed by atoms with Gasteiger partial charge in [-0.05, 0) is 107 Å². The third-order valence-electron chi connectivity index (χ3n) is 21.8. The van der Waals surface area contributed by atoms with Crippen LogP contribution in [0.25, 0.3) is 0 Å². The fourth-order valence-corrected chi connectivity index (χ4v) is 14.1. The normalized spacial score (nSPS) is 13.7. The summed E-state index contributed by atoms with van der Waals surface area (Å²) in [6.07, 6.45) is -23.4. The van der Waals surface area contributed by atoms with Crippen LogP contribution in [0.4, 0.5) is 0 Å². The molecule has 0 aliphatic carbocycles. The number of carboxylic acids is 1. The molecule has 139 heavy (non-hydrogen) atoms. The molecule has 1 aromatic carbocycles. The van der Waals surface area contributed by atoms with Crippen LogP contribution in [0.5, 0.6) is 5.75 Å². The number of aliphatic carboxylic acids is 1. The number of hydrogen-bond acceptors (Lipinski definition) is 38. The van der Waals surface area contributed by atoms with Crippen molar-refractivity contribution in [2.24, 2.45) is 41.4 Å². The van der Waals surface area contributed by atoms with Crippen LogP contribution < -0.4 is 92.0 Å². The number of aromatic hydroxyl groups is 1. The molecule has 0 heterocycles. The molecule has 0 aliphatic heterocycles. The van der Waals surface area contributed by atoms with Crippen molar-refractivity contribution < 1.29 is 192 Å². The number of amides is 17. The number of rotatable bonds is 75. The highest BCUT2D eigenvalue weighted by atomic mass is 16.5. The van der Waals surface area contributed by atoms with Crippen LogP contribution in [0.1, 0.15) is 219 Å². The Kier molecular flexibility index (Phi) is 61.1. The lowest BCUT2D eigenvalue weighted by Gasteiger charge is -2.28. The Balaban J connectivity index is 4.15. The van der Waals surface area contributed by atoms with Gasteiger partial charge in [0.25, 0.3) is 0 Å². The quantitative estimate of drug-likeness (QED) is 0.0165. The summed E-state index contributed by atoms with van der Waals surface area (Å²) in [6.45, 7) is 4.61. The summed E-state index contributed by atoms with van der Waals surface area (Å²) in [6, 6.07) is -7.50. The van der Waals surface area contributed by atoms with Crippen LogP contribution in [-0.4, -0.2) is 278 Å². The van der Waals surface area contributed by atoms with Gasteiger partial charge in [0, 0.05) is 159 Å². The van der Waals surface area contributed by atoms with Gasteiger partial charge in [-0.25, -0.2) is 54.8 Å². The number of carbonyl (C=O) groups is 25. The largest absolute Gasteiger partial charge is 0.508 e. The Morgan fingerprint density at radius 1 is 0.281 bits per heavy atom. The minimum Gasteiger partial charge on any atom is -0.508 e. The first-order valence-corrected chi connectivity index (χ1v) is 43.9. The highest BCUT2D eigenvalue weighted by molar-refractivity contribution is 6.02. The van der Waals surface area contributed by atoms with Crippen molar-refractivity contribution in [1.82, 2.24) is 92.0 Å². The molecule has 0 unspecified atom stereocenters. The van der Waals surface area contributed by atoms with Crippen LogP contribution in [-0.2, 0) is 136 Å². The molecule has 0 fully saturated rings. The van der Waals surface area contributed by atoms with Crippen LogP contribution in [0, 0.1) is 41.4 Å². The molecule has 0 spiro atoms. The Morgan fingerprint density at radius 2 is 0.547 bits per heavy atom. The van der Waals surface area contributed by atoms with E-state index in [1.165, 1.54) is 86.2 Å². The number of phenols is 1. The van der Waals surface area contributed by atoms with E-state index in [1.807, 2.05) is 0 Å². The Bertz CT molecular complexity index is 4350. The van der Waals surface area contributed by atoms with Gasteiger partial charge in [-0.15, -0.1) is 0 Å². The van der Waals surface area contributed by atoms with E-state index in [9.17, 15) is 182 Å². The van der Waals surface area contributed by atoms with E-state index in [0.29, 0.717) is 5.56 Å². The Labute approximate surface area is 793 Å². The zero-order valence-electron chi connectivity index (χ0n) is 76.8. The topological polar surface area (TPSA) is 892 Å². The second-order valence-electron chi connectivity index (χ2n) is 32.8. The number of hydroxylamine groups is 10. The Hall–Kier alpha value is -13.3. The highest BCUT2D eigenvalue weighted by Crippen LogP contribution is 2.31. The SMILES string of the molecule is COCCOCCCC(=O)[C@@H](CCC(=O)NO)NC(=O)[C@@H](CCC(=O)NO)NC(=O)[C@@H](CCC(=O)NO)NC(=O)[C@@H](CCC(=O)NO)NC(=O)[C@@H](CCC(=O)NO)NC(=O)[C@H](CCC(=O)NO)CC(=O)[C@H](CCC(=O)NO)CC(=O)[C@H](CCC(=O)NO)CC(=O)[C@H](CCC(=O)NO)CC(=O)[C@H](CCC(=O)NO)CC(=O)[C@@H](CC(C)C)NC(=O)[C@H](CC(=O)O)CC(=O)[C@H](Cc1ccc(O)cc1)NC(C)=O. The number of ether oxygens (including phenoxy) is 2. The molecule has 778 valence electrons. The maximum absolute atomic E-state index is 15.0. The number of methoxy groups -OCH3 is 1. The van der Waals surface area contributed by atoms with Gasteiger partial charge in [0.05, 0.1) is 43.7 Å². The fourth-order valence-electron chi connectivity index (χ4n) is 14.1. The molecule has 56 nitrogen and oxygen atoms in total. The van der Waals surface area contributed by atoms with Crippen molar-refractivity contribution in [3.8, 4) is 5.75 Å². The van der Waals surface area contributed by atoms with Gasteiger partial charge in [-0.3, -0.25) is 172 Å². The molecule has 0 radical (unpaired) electrons. The predicted octanol–water partition coefficient (Wildman–Crippen LogP) is -4.81. The number of carboxylic acid groups (broad SMARTS) is 1. The van der Waals surface area contributed by atoms with Gasteiger partial charge in [-0.2, -0.15) is 0 Å². The van der Waals surface area contributed by atoms with Gasteiger partial charge >= 0.3 is 5.97 Å². The third-order valence-corrected chi connectivity index (χ3v) is 21.8. The van der Waals surface area contributed by atoms with E-state index in [0.717, 1.165) is 6.92 Å². The van der Waals surface area contributed by atoms with Crippen LogP contribution in [0.3, 0.4) is 0 Å². The van der Waals surface area contributed by atoms with E-state index in [1.54, 1.807) is 13.8 Å². The molecular weight excluding hydrogens is 1860 g/mol. The van der Waals surface area contributed by atoms with Gasteiger partial charge < -0.3 is 56.9 Å². The number of ketones is 7. The summed E-state index contributed by atoms with van der Waals surface area (Å²) < 4.78 is 10.3. The zero-order chi connectivity index (χ0) is 105. The molecule has 13 atom stereocenters. The standard InChI is InChI=1S/C83H127N17O39/c1-43(2)34-58(90-79(123)51(42-77(120)121)41-66(109)59(84-44(3)101)35-45-7-14-52(102)15-8-45)65(108)39-49(12-24-70(113)94-131)63(106)37-47(10-22-68(111)92-129)61(104)36-46(9-21-67(110)91-128)62(105)38-48(11-23-69(112)93-130)64(107)40-50(13-25-71(114)95-132)78(122)86-54(17-27-73(116)97-134)81(125)88-56(19-29-75(118)99-136)83(127)89-57(20-30-76(119)100-137)82(126)87-55(18-28-74(117)98-135)80(124)85-53(16-26-72(115)96-133)60(103)6-5-31-139-33-32-138-4/h7-8,14-15,43,46-51,53-59,102,128-137H,5-6,9-13,16-42H2,1-4H3,(H,84,101)(H,85,124)(H,86,122)(H,87,126)(H,88,125)(H,89,127)(H,90,123)(H,91,110)(H,92,111)(H,93,112)(H,94,113)(H,95,114)(H,96,115)(H,97,116)(H,98,117)(H,99,118)(H,100,119)(H,120,121)/t46-,47-,48-,49-,50-,51+,53-,54-,55-,56-,57-,58-,59+/m1/s1. The lowest BCUT2D eigenvalue weighted by molar-refractivity contribution is -0.143. The number of Topliss-reactive ketones (excluding diaryl/α,β-unsaturated/α-hetero) is 7. The van der Waals surface area contributed by atoms with Crippen molar-refractivity contribution in [2.45, 2.75) is 262 Å². The maximum atomic E-state index is 15.0.